The van der Waals surface area contributed by atoms with Gasteiger partial charge < -0.3 is 15.7 Å². The lowest BCUT2D eigenvalue weighted by Crippen LogP contribution is -2.53. The number of urea groups is 1. The zero-order chi connectivity index (χ0) is 15.3. The Bertz CT molecular complexity index is 514. The molecule has 3 N–H and O–H groups in total. The largest absolute Gasteiger partial charge is 0.480 e. The summed E-state index contributed by atoms with van der Waals surface area (Å²) in [6.07, 6.45) is 1.05. The molecule has 5 heteroatoms. The summed E-state index contributed by atoms with van der Waals surface area (Å²) in [4.78, 5) is 23.2. The first kappa shape index (κ1) is 16.0. The van der Waals surface area contributed by atoms with E-state index >= 15 is 0 Å². The molecule has 5 nitrogen and oxygen atoms in total. The molecule has 0 aliphatic rings. The number of carboxylic acid groups (broad SMARTS) is 1. The Balaban J connectivity index is 2.78. The van der Waals surface area contributed by atoms with Crippen LogP contribution < -0.4 is 10.6 Å². The van der Waals surface area contributed by atoms with Gasteiger partial charge in [0.1, 0.15) is 5.54 Å². The van der Waals surface area contributed by atoms with Gasteiger partial charge in [-0.15, -0.1) is 0 Å². The molecule has 110 valence electrons. The highest BCUT2D eigenvalue weighted by atomic mass is 16.4. The third-order valence-corrected chi connectivity index (χ3v) is 3.24. The van der Waals surface area contributed by atoms with Gasteiger partial charge in [0.2, 0.25) is 0 Å². The monoisotopic (exact) mass is 278 g/mol. The van der Waals surface area contributed by atoms with Crippen LogP contribution in [-0.4, -0.2) is 22.6 Å². The Morgan fingerprint density at radius 3 is 2.45 bits per heavy atom. The molecule has 1 atom stereocenters. The summed E-state index contributed by atoms with van der Waals surface area (Å²) in [7, 11) is 0. The van der Waals surface area contributed by atoms with Crippen LogP contribution in [0.15, 0.2) is 18.2 Å². The van der Waals surface area contributed by atoms with Gasteiger partial charge in [-0.2, -0.15) is 0 Å². The molecule has 0 heterocycles. The minimum atomic E-state index is -1.25. The summed E-state index contributed by atoms with van der Waals surface area (Å²) in [6.45, 7) is 7.26. The van der Waals surface area contributed by atoms with Crippen molar-refractivity contribution in [3.8, 4) is 0 Å². The molecule has 2 amide bonds. The molecule has 1 rings (SSSR count). The fourth-order valence-electron chi connectivity index (χ4n) is 2.08. The maximum atomic E-state index is 12.0. The van der Waals surface area contributed by atoms with Crippen LogP contribution in [0.3, 0.4) is 0 Å². The third-order valence-electron chi connectivity index (χ3n) is 3.24. The fraction of sp³-hybridized carbons (Fsp3) is 0.467. The topological polar surface area (TPSA) is 78.4 Å². The lowest BCUT2D eigenvalue weighted by molar-refractivity contribution is -0.143. The molecule has 0 saturated heterocycles. The number of amides is 2. The summed E-state index contributed by atoms with van der Waals surface area (Å²) >= 11 is 0. The van der Waals surface area contributed by atoms with Crippen molar-refractivity contribution in [2.75, 3.05) is 5.32 Å². The number of carbonyl (C=O) groups is 2. The van der Waals surface area contributed by atoms with E-state index in [0.717, 1.165) is 11.1 Å². The number of anilines is 1. The quantitative estimate of drug-likeness (QED) is 0.774. The standard InChI is InChI=1S/C15H22N2O3/c1-5-8-15(4,13(18)19)17-14(20)16-12-7-6-10(2)9-11(12)3/h6-7,9H,5,8H2,1-4H3,(H,18,19)(H2,16,17,20). The van der Waals surface area contributed by atoms with Gasteiger partial charge in [0.25, 0.3) is 0 Å². The van der Waals surface area contributed by atoms with Gasteiger partial charge >= 0.3 is 12.0 Å². The van der Waals surface area contributed by atoms with Crippen LogP contribution in [-0.2, 0) is 4.79 Å². The first-order chi connectivity index (χ1) is 9.28. The number of carbonyl (C=O) groups excluding carboxylic acids is 1. The smallest absolute Gasteiger partial charge is 0.329 e. The molecule has 1 aromatic carbocycles. The molecular weight excluding hydrogens is 256 g/mol. The van der Waals surface area contributed by atoms with Crippen LogP contribution >= 0.6 is 0 Å². The van der Waals surface area contributed by atoms with Crippen molar-refractivity contribution >= 4 is 17.7 Å². The van der Waals surface area contributed by atoms with Gasteiger partial charge in [0.15, 0.2) is 0 Å². The van der Waals surface area contributed by atoms with Gasteiger partial charge in [-0.05, 0) is 38.8 Å². The van der Waals surface area contributed by atoms with Gasteiger partial charge in [0.05, 0.1) is 0 Å². The van der Waals surface area contributed by atoms with Gasteiger partial charge in [-0.25, -0.2) is 9.59 Å². The van der Waals surface area contributed by atoms with Crippen LogP contribution in [0.25, 0.3) is 0 Å². The van der Waals surface area contributed by atoms with Crippen molar-refractivity contribution in [1.82, 2.24) is 5.32 Å². The van der Waals surface area contributed by atoms with E-state index in [1.165, 1.54) is 6.92 Å². The number of rotatable bonds is 5. The van der Waals surface area contributed by atoms with Crippen molar-refractivity contribution in [1.29, 1.82) is 0 Å². The highest BCUT2D eigenvalue weighted by Crippen LogP contribution is 2.17. The van der Waals surface area contributed by atoms with Crippen LogP contribution in [0.5, 0.6) is 0 Å². The Morgan fingerprint density at radius 1 is 1.30 bits per heavy atom. The number of benzene rings is 1. The second-order valence-corrected chi connectivity index (χ2v) is 5.28. The summed E-state index contributed by atoms with van der Waals surface area (Å²) < 4.78 is 0. The molecular formula is C15H22N2O3. The van der Waals surface area contributed by atoms with E-state index in [2.05, 4.69) is 10.6 Å². The molecule has 20 heavy (non-hydrogen) atoms. The van der Waals surface area contributed by atoms with Gasteiger partial charge in [-0.3, -0.25) is 0 Å². The number of aliphatic carboxylic acids is 1. The summed E-state index contributed by atoms with van der Waals surface area (Å²) in [5.74, 6) is -1.03. The number of hydrogen-bond donors (Lipinski definition) is 3. The highest BCUT2D eigenvalue weighted by Gasteiger charge is 2.33. The molecule has 0 bridgehead atoms. The predicted octanol–water partition coefficient (Wildman–Crippen LogP) is 3.07. The van der Waals surface area contributed by atoms with Crippen molar-refractivity contribution in [2.24, 2.45) is 0 Å². The first-order valence-corrected chi connectivity index (χ1v) is 6.68. The summed E-state index contributed by atoms with van der Waals surface area (Å²) in [5.41, 5.74) is 1.47. The van der Waals surface area contributed by atoms with Crippen molar-refractivity contribution in [3.63, 3.8) is 0 Å². The van der Waals surface area contributed by atoms with Crippen LogP contribution in [0.1, 0.15) is 37.8 Å². The lowest BCUT2D eigenvalue weighted by atomic mass is 9.96. The second-order valence-electron chi connectivity index (χ2n) is 5.28. The molecule has 0 fully saturated rings. The van der Waals surface area contributed by atoms with Crippen LogP contribution in [0.4, 0.5) is 10.5 Å². The average molecular weight is 278 g/mol. The Hall–Kier alpha value is -2.04. The van der Waals surface area contributed by atoms with Crippen molar-refractivity contribution < 1.29 is 14.7 Å². The van der Waals surface area contributed by atoms with Gasteiger partial charge in [-0.1, -0.05) is 31.0 Å². The summed E-state index contributed by atoms with van der Waals surface area (Å²) in [5, 5.41) is 14.5. The molecule has 0 aromatic heterocycles. The van der Waals surface area contributed by atoms with Gasteiger partial charge in [0, 0.05) is 5.69 Å². The van der Waals surface area contributed by atoms with Crippen molar-refractivity contribution in [3.05, 3.63) is 29.3 Å². The molecule has 0 spiro atoms. The lowest BCUT2D eigenvalue weighted by Gasteiger charge is -2.26. The van der Waals surface area contributed by atoms with Crippen LogP contribution in [0, 0.1) is 13.8 Å². The second kappa shape index (κ2) is 6.41. The molecule has 0 saturated carbocycles. The zero-order valence-corrected chi connectivity index (χ0v) is 12.4. The molecule has 1 unspecified atom stereocenters. The van der Waals surface area contributed by atoms with E-state index in [4.69, 9.17) is 0 Å². The highest BCUT2D eigenvalue weighted by molar-refractivity contribution is 5.94. The number of carboxylic acids is 1. The number of aryl methyl sites for hydroxylation is 2. The van der Waals surface area contributed by atoms with E-state index in [0.29, 0.717) is 18.5 Å². The maximum Gasteiger partial charge on any atom is 0.329 e. The van der Waals surface area contributed by atoms with E-state index in [-0.39, 0.29) is 0 Å². The molecule has 0 radical (unpaired) electrons. The molecule has 0 aliphatic carbocycles. The zero-order valence-electron chi connectivity index (χ0n) is 12.4. The van der Waals surface area contributed by atoms with E-state index < -0.39 is 17.5 Å². The predicted molar refractivity (Wildman–Crippen MR) is 79.0 cm³/mol. The van der Waals surface area contributed by atoms with Crippen LogP contribution in [0.2, 0.25) is 0 Å². The Morgan fingerprint density at radius 2 is 1.95 bits per heavy atom. The van der Waals surface area contributed by atoms with E-state index in [9.17, 15) is 14.7 Å². The van der Waals surface area contributed by atoms with E-state index in [1.54, 1.807) is 0 Å². The first-order valence-electron chi connectivity index (χ1n) is 6.68. The molecule has 1 aromatic rings. The number of hydrogen-bond acceptors (Lipinski definition) is 2. The minimum absolute atomic E-state index is 0.378. The SMILES string of the molecule is CCCC(C)(NC(=O)Nc1ccc(C)cc1C)C(=O)O. The Kier molecular flexibility index (Phi) is 5.13. The average Bonchev–Trinajstić information content (AvgIpc) is 2.32. The van der Waals surface area contributed by atoms with Crippen molar-refractivity contribution in [2.45, 2.75) is 46.1 Å². The fourth-order valence-corrected chi connectivity index (χ4v) is 2.08. The maximum absolute atomic E-state index is 12.0. The number of nitrogens with one attached hydrogen (secondary N) is 2. The molecule has 0 aliphatic heterocycles. The normalized spacial score (nSPS) is 13.4. The van der Waals surface area contributed by atoms with E-state index in [1.807, 2.05) is 39.0 Å². The minimum Gasteiger partial charge on any atom is -0.480 e. The third kappa shape index (κ3) is 3.98. The summed E-state index contributed by atoms with van der Waals surface area (Å²) in [6, 6.07) is 5.15. The Labute approximate surface area is 119 Å².